The van der Waals surface area contributed by atoms with Crippen molar-refractivity contribution < 1.29 is 19.8 Å². The first-order valence-electron chi connectivity index (χ1n) is 20.4. The van der Waals surface area contributed by atoms with E-state index in [1.54, 1.807) is 0 Å². The van der Waals surface area contributed by atoms with E-state index >= 15 is 0 Å². The number of hydrogen-bond acceptors (Lipinski definition) is 4. The van der Waals surface area contributed by atoms with Crippen LogP contribution in [-0.2, 0) is 9.59 Å². The number of ketones is 2. The minimum absolute atomic E-state index is 0.0490. The van der Waals surface area contributed by atoms with E-state index in [1.165, 1.54) is 77.0 Å². The number of rotatable bonds is 2. The summed E-state index contributed by atoms with van der Waals surface area (Å²) in [6, 6.07) is 0. The fourth-order valence-corrected chi connectivity index (χ4v) is 16.0. The number of carbonyl (C=O) groups excluding carboxylic acids is 2. The Labute approximate surface area is 287 Å². The summed E-state index contributed by atoms with van der Waals surface area (Å²) in [5.74, 6) is 7.86. The first-order chi connectivity index (χ1) is 22.0. The highest BCUT2D eigenvalue weighted by molar-refractivity contribution is 5.80. The summed E-state index contributed by atoms with van der Waals surface area (Å²) >= 11 is 0. The molecule has 0 saturated heterocycles. The number of Topliss-reactive ketones (excluding diaryl/α,β-unsaturated/α-hetero) is 2. The lowest BCUT2D eigenvalue weighted by molar-refractivity contribution is -0.150. The average Bonchev–Trinajstić information content (AvgIpc) is 3.55. The summed E-state index contributed by atoms with van der Waals surface area (Å²) in [6.45, 7) is 15.7. The summed E-state index contributed by atoms with van der Waals surface area (Å²) in [4.78, 5) is 24.4. The van der Waals surface area contributed by atoms with E-state index in [-0.39, 0.29) is 16.9 Å². The SMILES string of the molecule is CC(=O)[C@H]1CC[C@H]2[C@@H]3CC[C@H]4C[C@H](O)CC[C@]4(C)[C@H]3CC[C@]12C.CC(=O)[C@H]1CC[C@H]2[C@@H]3CC[C@H]4C[C@](C)(O)CC[C@]4(C)[C@H]3CC[C@]12C. The van der Waals surface area contributed by atoms with Crippen LogP contribution in [0.3, 0.4) is 0 Å². The molecule has 0 amide bonds. The van der Waals surface area contributed by atoms with Crippen molar-refractivity contribution in [2.75, 3.05) is 0 Å². The van der Waals surface area contributed by atoms with Crippen LogP contribution in [0.2, 0.25) is 0 Å². The Morgan fingerprint density at radius 2 is 0.957 bits per heavy atom. The molecule has 8 rings (SSSR count). The highest BCUT2D eigenvalue weighted by atomic mass is 16.3. The maximum absolute atomic E-state index is 12.2. The molecule has 0 spiro atoms. The van der Waals surface area contributed by atoms with Crippen LogP contribution in [0.4, 0.5) is 0 Å². The third kappa shape index (κ3) is 5.40. The molecule has 8 fully saturated rings. The highest BCUT2D eigenvalue weighted by Crippen LogP contribution is 2.69. The number of aliphatic hydroxyl groups excluding tert-OH is 1. The molecule has 16 atom stereocenters. The van der Waals surface area contributed by atoms with Crippen LogP contribution in [0.1, 0.15) is 164 Å². The van der Waals surface area contributed by atoms with Gasteiger partial charge in [0, 0.05) is 11.8 Å². The Morgan fingerprint density at radius 3 is 1.47 bits per heavy atom. The molecular weight excluding hydrogens is 580 g/mol. The lowest BCUT2D eigenvalue weighted by Crippen LogP contribution is -2.55. The van der Waals surface area contributed by atoms with E-state index in [1.807, 2.05) is 20.8 Å². The van der Waals surface area contributed by atoms with Crippen molar-refractivity contribution in [3.63, 3.8) is 0 Å². The summed E-state index contributed by atoms with van der Waals surface area (Å²) in [7, 11) is 0. The lowest BCUT2D eigenvalue weighted by atomic mass is 9.44. The van der Waals surface area contributed by atoms with E-state index in [9.17, 15) is 19.8 Å². The van der Waals surface area contributed by atoms with Crippen LogP contribution in [0.15, 0.2) is 0 Å². The van der Waals surface area contributed by atoms with Gasteiger partial charge >= 0.3 is 0 Å². The minimum atomic E-state index is -0.437. The molecule has 0 aliphatic heterocycles. The van der Waals surface area contributed by atoms with Crippen molar-refractivity contribution >= 4 is 11.6 Å². The molecule has 8 aliphatic carbocycles. The number of hydrogen-bond donors (Lipinski definition) is 2. The monoisotopic (exact) mass is 651 g/mol. The number of carbonyl (C=O) groups is 2. The molecule has 0 heterocycles. The van der Waals surface area contributed by atoms with E-state index < -0.39 is 5.60 Å². The molecule has 4 nitrogen and oxygen atoms in total. The summed E-state index contributed by atoms with van der Waals surface area (Å²) in [6.07, 6.45) is 21.7. The second kappa shape index (κ2) is 11.9. The van der Waals surface area contributed by atoms with Gasteiger partial charge in [0.25, 0.3) is 0 Å². The first-order valence-corrected chi connectivity index (χ1v) is 20.4. The Hall–Kier alpha value is -0.740. The molecule has 4 heteroatoms. The Bertz CT molecular complexity index is 1220. The van der Waals surface area contributed by atoms with Gasteiger partial charge in [0.2, 0.25) is 0 Å². The standard InChI is InChI=1S/C22H36O2.C21H34O2/c1-14(23)17-7-8-18-16-6-5-15-13-20(2,24)11-12-21(15,3)19(16)9-10-22(17,18)4;1-13(22)17-6-7-18-16-5-4-14-12-15(23)8-10-20(14,2)19(16)9-11-21(17,18)3/h15-19,24H,5-13H2,1-4H3;14-19,23H,4-12H2,1-3H3/t15-,16-,17+,18-,19-,20+,21-,22+;14-,15+,16-,17+,18-,19-,20-,21+/m00/s1. The van der Waals surface area contributed by atoms with Crippen LogP contribution in [0.5, 0.6) is 0 Å². The molecule has 0 radical (unpaired) electrons. The van der Waals surface area contributed by atoms with Gasteiger partial charge in [-0.2, -0.15) is 0 Å². The molecule has 0 unspecified atom stereocenters. The zero-order valence-corrected chi connectivity index (χ0v) is 31.3. The van der Waals surface area contributed by atoms with Gasteiger partial charge in [-0.05, 0) is 205 Å². The second-order valence-corrected chi connectivity index (χ2v) is 20.5. The van der Waals surface area contributed by atoms with E-state index in [0.29, 0.717) is 40.2 Å². The lowest BCUT2D eigenvalue weighted by Gasteiger charge is -2.61. The molecule has 0 aromatic rings. The molecule has 0 aromatic heterocycles. The van der Waals surface area contributed by atoms with Gasteiger partial charge in [-0.3, -0.25) is 9.59 Å². The number of fused-ring (bicyclic) bond motifs is 10. The molecule has 0 aromatic carbocycles. The van der Waals surface area contributed by atoms with Gasteiger partial charge in [0.05, 0.1) is 11.7 Å². The molecule has 47 heavy (non-hydrogen) atoms. The third-order valence-corrected chi connectivity index (χ3v) is 18.6. The zero-order chi connectivity index (χ0) is 33.7. The second-order valence-electron chi connectivity index (χ2n) is 20.5. The van der Waals surface area contributed by atoms with E-state index in [0.717, 1.165) is 80.0 Å². The van der Waals surface area contributed by atoms with Crippen LogP contribution in [0, 0.1) is 80.8 Å². The van der Waals surface area contributed by atoms with Crippen molar-refractivity contribution in [3.05, 3.63) is 0 Å². The molecule has 2 N–H and O–H groups in total. The van der Waals surface area contributed by atoms with Crippen LogP contribution < -0.4 is 0 Å². The normalized spacial score (nSPS) is 56.3. The predicted molar refractivity (Wildman–Crippen MR) is 188 cm³/mol. The zero-order valence-electron chi connectivity index (χ0n) is 31.3. The fraction of sp³-hybridized carbons (Fsp3) is 0.953. The molecular formula is C43H70O4. The van der Waals surface area contributed by atoms with Crippen LogP contribution in [-0.4, -0.2) is 33.5 Å². The third-order valence-electron chi connectivity index (χ3n) is 18.6. The van der Waals surface area contributed by atoms with Crippen molar-refractivity contribution in [3.8, 4) is 0 Å². The van der Waals surface area contributed by atoms with Gasteiger partial charge < -0.3 is 10.2 Å². The molecule has 266 valence electrons. The number of aliphatic hydroxyl groups is 2. The summed E-state index contributed by atoms with van der Waals surface area (Å²) in [5.41, 5.74) is 1.01. The van der Waals surface area contributed by atoms with Gasteiger partial charge in [-0.1, -0.05) is 27.7 Å². The van der Waals surface area contributed by atoms with Crippen LogP contribution >= 0.6 is 0 Å². The highest BCUT2D eigenvalue weighted by Gasteiger charge is 2.62. The first kappa shape index (κ1) is 34.7. The van der Waals surface area contributed by atoms with Crippen LogP contribution in [0.25, 0.3) is 0 Å². The van der Waals surface area contributed by atoms with E-state index in [2.05, 4.69) is 27.7 Å². The maximum atomic E-state index is 12.2. The van der Waals surface area contributed by atoms with E-state index in [4.69, 9.17) is 0 Å². The molecule has 0 bridgehead atoms. The topological polar surface area (TPSA) is 74.6 Å². The fourth-order valence-electron chi connectivity index (χ4n) is 16.0. The van der Waals surface area contributed by atoms with Gasteiger partial charge in [0.15, 0.2) is 0 Å². The van der Waals surface area contributed by atoms with Gasteiger partial charge in [-0.25, -0.2) is 0 Å². The average molecular weight is 651 g/mol. The Morgan fingerprint density at radius 1 is 0.511 bits per heavy atom. The van der Waals surface area contributed by atoms with Crippen molar-refractivity contribution in [1.82, 2.24) is 0 Å². The Balaban J connectivity index is 0.000000150. The van der Waals surface area contributed by atoms with Crippen molar-refractivity contribution in [2.45, 2.75) is 176 Å². The quantitative estimate of drug-likeness (QED) is 0.312. The summed E-state index contributed by atoms with van der Waals surface area (Å²) < 4.78 is 0. The largest absolute Gasteiger partial charge is 0.393 e. The smallest absolute Gasteiger partial charge is 0.133 e. The van der Waals surface area contributed by atoms with Crippen molar-refractivity contribution in [1.29, 1.82) is 0 Å². The van der Waals surface area contributed by atoms with Crippen molar-refractivity contribution in [2.24, 2.45) is 80.8 Å². The maximum Gasteiger partial charge on any atom is 0.133 e. The Kier molecular flexibility index (Phi) is 8.80. The molecule has 8 aliphatic rings. The van der Waals surface area contributed by atoms with Gasteiger partial charge in [-0.15, -0.1) is 0 Å². The minimum Gasteiger partial charge on any atom is -0.393 e. The predicted octanol–water partition coefficient (Wildman–Crippen LogP) is 9.58. The molecule has 8 saturated carbocycles. The summed E-state index contributed by atoms with van der Waals surface area (Å²) in [5, 5.41) is 20.7. The van der Waals surface area contributed by atoms with Gasteiger partial charge in [0.1, 0.15) is 11.6 Å².